The van der Waals surface area contributed by atoms with Crippen molar-refractivity contribution in [3.05, 3.63) is 110 Å². The number of nitrogens with one attached hydrogen (secondary N) is 6. The maximum absolute atomic E-state index is 15.3. The zero-order chi connectivity index (χ0) is 51.4. The predicted molar refractivity (Wildman–Crippen MR) is 249 cm³/mol. The minimum atomic E-state index is -2.05. The van der Waals surface area contributed by atoms with Crippen molar-refractivity contribution in [2.24, 2.45) is 0 Å². The molecule has 23 heteroatoms. The second-order valence-electron chi connectivity index (χ2n) is 17.6. The summed E-state index contributed by atoms with van der Waals surface area (Å²) in [6.45, 7) is 0.279. The fourth-order valence-electron chi connectivity index (χ4n) is 9.24. The van der Waals surface area contributed by atoms with Gasteiger partial charge < -0.3 is 51.0 Å². The quantitative estimate of drug-likeness (QED) is 0.0229. The monoisotopic (exact) mass is 991 g/mol. The van der Waals surface area contributed by atoms with E-state index < -0.39 is 115 Å². The second-order valence-corrected chi connectivity index (χ2v) is 17.6. The van der Waals surface area contributed by atoms with Gasteiger partial charge in [0.25, 0.3) is 17.4 Å². The van der Waals surface area contributed by atoms with Crippen LogP contribution < -0.4 is 37.5 Å². The molecule has 8 rings (SSSR count). The van der Waals surface area contributed by atoms with E-state index in [9.17, 15) is 53.1 Å². The Morgan fingerprint density at radius 3 is 2.32 bits per heavy atom. The SMILES string of the molecule is CC[C@@]1(O)C(=O)OCc2c1cc1n(c2=O)Cc2c-1nc1cc(F)c(C)c3c1c2[C@@H](NC(=O)COCNC(=O)CNC(=O)[C@H](Cc1ccccc1)NC(=O)CNC(=O)CNC(=O)CCN1C(=O)C=CC1=O)CC3. The number of fused-ring (bicyclic) bond motifs is 5. The van der Waals surface area contributed by atoms with Gasteiger partial charge in [0, 0.05) is 54.1 Å². The Balaban J connectivity index is 0.835. The van der Waals surface area contributed by atoms with Gasteiger partial charge in [-0.15, -0.1) is 0 Å². The highest BCUT2D eigenvalue weighted by molar-refractivity contribution is 6.13. The Kier molecular flexibility index (Phi) is 14.7. The van der Waals surface area contributed by atoms with Crippen molar-refractivity contribution < 1.29 is 62.1 Å². The third kappa shape index (κ3) is 10.3. The summed E-state index contributed by atoms with van der Waals surface area (Å²) in [6, 6.07) is 9.73. The number of ether oxygens (including phenoxy) is 2. The number of nitrogens with zero attached hydrogens (tertiary/aromatic N) is 3. The first-order valence-corrected chi connectivity index (χ1v) is 23.1. The molecule has 8 amide bonds. The van der Waals surface area contributed by atoms with E-state index in [2.05, 4.69) is 31.9 Å². The first-order chi connectivity index (χ1) is 34.5. The molecule has 1 aliphatic carbocycles. The maximum Gasteiger partial charge on any atom is 0.343 e. The molecule has 0 unspecified atom stereocenters. The first kappa shape index (κ1) is 50.2. The average molecular weight is 992 g/mol. The third-order valence-corrected chi connectivity index (χ3v) is 13.0. The summed E-state index contributed by atoms with van der Waals surface area (Å²) in [5, 5.41) is 27.1. The van der Waals surface area contributed by atoms with Gasteiger partial charge in [-0.25, -0.2) is 14.2 Å². The molecule has 0 saturated carbocycles. The van der Waals surface area contributed by atoms with E-state index in [-0.39, 0.29) is 50.1 Å². The van der Waals surface area contributed by atoms with Crippen molar-refractivity contribution in [3.8, 4) is 11.4 Å². The molecular formula is C49H50FN9O13. The molecule has 5 heterocycles. The van der Waals surface area contributed by atoms with Gasteiger partial charge in [-0.2, -0.15) is 0 Å². The number of aromatic nitrogens is 2. The minimum Gasteiger partial charge on any atom is -0.458 e. The number of hydrogen-bond acceptors (Lipinski definition) is 14. The molecule has 4 aliphatic rings. The molecule has 72 heavy (non-hydrogen) atoms. The van der Waals surface area contributed by atoms with E-state index >= 15 is 4.39 Å². The molecule has 3 aliphatic heterocycles. The summed E-state index contributed by atoms with van der Waals surface area (Å²) in [6.07, 6.45) is 2.65. The average Bonchev–Trinajstić information content (AvgIpc) is 3.90. The van der Waals surface area contributed by atoms with Gasteiger partial charge in [-0.1, -0.05) is 37.3 Å². The molecule has 0 radical (unpaired) electrons. The predicted octanol–water partition coefficient (Wildman–Crippen LogP) is -0.888. The van der Waals surface area contributed by atoms with E-state index in [4.69, 9.17) is 14.5 Å². The van der Waals surface area contributed by atoms with E-state index in [1.54, 1.807) is 50.2 Å². The Bertz CT molecular complexity index is 3030. The normalized spacial score (nSPS) is 17.6. The van der Waals surface area contributed by atoms with Gasteiger partial charge in [0.2, 0.25) is 35.4 Å². The van der Waals surface area contributed by atoms with Crippen LogP contribution in [0.4, 0.5) is 4.39 Å². The van der Waals surface area contributed by atoms with Crippen LogP contribution in [-0.4, -0.2) is 118 Å². The van der Waals surface area contributed by atoms with Crippen LogP contribution in [0.1, 0.15) is 71.2 Å². The van der Waals surface area contributed by atoms with Crippen LogP contribution >= 0.6 is 0 Å². The van der Waals surface area contributed by atoms with E-state index in [1.807, 2.05) is 0 Å². The number of cyclic esters (lactones) is 1. The van der Waals surface area contributed by atoms with E-state index in [0.29, 0.717) is 57.4 Å². The molecule has 0 saturated heterocycles. The number of carbonyl (C=O) groups excluding carboxylic acids is 9. The first-order valence-electron chi connectivity index (χ1n) is 23.1. The van der Waals surface area contributed by atoms with Gasteiger partial charge in [-0.05, 0) is 54.5 Å². The van der Waals surface area contributed by atoms with Crippen LogP contribution in [-0.2, 0) is 84.2 Å². The molecular weight excluding hydrogens is 942 g/mol. The number of imide groups is 1. The van der Waals surface area contributed by atoms with E-state index in [1.165, 1.54) is 10.6 Å². The van der Waals surface area contributed by atoms with Gasteiger partial charge in [-0.3, -0.25) is 48.1 Å². The lowest BCUT2D eigenvalue weighted by Crippen LogP contribution is -2.52. The molecule has 22 nitrogen and oxygen atoms in total. The molecule has 2 aromatic heterocycles. The van der Waals surface area contributed by atoms with Crippen LogP contribution in [0.5, 0.6) is 0 Å². The lowest BCUT2D eigenvalue weighted by atomic mass is 9.81. The number of amides is 8. The number of aryl methyl sites for hydroxylation is 1. The van der Waals surface area contributed by atoms with E-state index in [0.717, 1.165) is 22.6 Å². The number of hydrogen-bond donors (Lipinski definition) is 7. The van der Waals surface area contributed by atoms with Crippen molar-refractivity contribution in [1.82, 2.24) is 46.4 Å². The molecule has 0 bridgehead atoms. The smallest absolute Gasteiger partial charge is 0.343 e. The Hall–Kier alpha value is -8.18. The van der Waals surface area contributed by atoms with Gasteiger partial charge >= 0.3 is 5.97 Å². The van der Waals surface area contributed by atoms with Crippen molar-refractivity contribution in [1.29, 1.82) is 0 Å². The molecule has 376 valence electrons. The van der Waals surface area contributed by atoms with Crippen LogP contribution in [0.15, 0.2) is 59.4 Å². The van der Waals surface area contributed by atoms with Gasteiger partial charge in [0.15, 0.2) is 5.60 Å². The standard InChI is InChI=1S/C49H50FN9O13/c1-3-49(70)30-16-35-45-28(21-59(35)47(68)29(30)22-72-48(49)69)44-32(10-9-27-25(2)31(50)17-33(57-45)43(27)44)55-40(64)23-71-24-54-38(62)19-53-46(67)34(15-26-7-5-4-6-8-26)56-39(63)20-52-37(61)18-51-36(60)13-14-58-41(65)11-12-42(58)66/h4-8,11-12,16-17,32,34,70H,3,9-10,13-15,18-24H2,1-2H3,(H,51,60)(H,52,61)(H,53,67)(H,54,62)(H,55,64)(H,56,63)/t32-,34-,49-/m0/s1. The molecule has 2 aromatic carbocycles. The Labute approximate surface area is 409 Å². The number of carbonyl (C=O) groups is 9. The molecule has 7 N–H and O–H groups in total. The largest absolute Gasteiger partial charge is 0.458 e. The summed E-state index contributed by atoms with van der Waals surface area (Å²) in [4.78, 5) is 133. The highest BCUT2D eigenvalue weighted by Crippen LogP contribution is 2.46. The number of halogens is 1. The Morgan fingerprint density at radius 2 is 1.58 bits per heavy atom. The van der Waals surface area contributed by atoms with Crippen LogP contribution in [0, 0.1) is 12.7 Å². The van der Waals surface area contributed by atoms with Crippen LogP contribution in [0.25, 0.3) is 22.3 Å². The summed E-state index contributed by atoms with van der Waals surface area (Å²) < 4.78 is 27.5. The third-order valence-electron chi connectivity index (χ3n) is 13.0. The molecule has 4 aromatic rings. The molecule has 0 fully saturated rings. The lowest BCUT2D eigenvalue weighted by molar-refractivity contribution is -0.172. The highest BCUT2D eigenvalue weighted by Gasteiger charge is 2.46. The number of benzene rings is 2. The summed E-state index contributed by atoms with van der Waals surface area (Å²) >= 11 is 0. The van der Waals surface area contributed by atoms with Crippen LogP contribution in [0.3, 0.4) is 0 Å². The van der Waals surface area contributed by atoms with Crippen LogP contribution in [0.2, 0.25) is 0 Å². The summed E-state index contributed by atoms with van der Waals surface area (Å²) in [7, 11) is 0. The van der Waals surface area contributed by atoms with Crippen molar-refractivity contribution in [3.63, 3.8) is 0 Å². The number of rotatable bonds is 19. The molecule has 0 spiro atoms. The van der Waals surface area contributed by atoms with Crippen molar-refractivity contribution >= 4 is 64.1 Å². The minimum absolute atomic E-state index is 0.0188. The number of aliphatic hydroxyl groups is 1. The zero-order valence-corrected chi connectivity index (χ0v) is 39.1. The second kappa shape index (κ2) is 21.0. The maximum atomic E-state index is 15.3. The van der Waals surface area contributed by atoms with Gasteiger partial charge in [0.1, 0.15) is 31.8 Å². The fourth-order valence-corrected chi connectivity index (χ4v) is 9.24. The van der Waals surface area contributed by atoms with Crippen molar-refractivity contribution in [2.75, 3.05) is 39.5 Å². The number of pyridine rings is 2. The summed E-state index contributed by atoms with van der Waals surface area (Å²) in [5.74, 6) is -6.51. The fraction of sp³-hybridized carbons (Fsp3) is 0.367. The zero-order valence-electron chi connectivity index (χ0n) is 39.1. The Morgan fingerprint density at radius 1 is 0.889 bits per heavy atom. The summed E-state index contributed by atoms with van der Waals surface area (Å²) in [5.41, 5.74) is 1.79. The lowest BCUT2D eigenvalue weighted by Gasteiger charge is -2.31. The number of esters is 1. The van der Waals surface area contributed by atoms with Gasteiger partial charge in [0.05, 0.1) is 54.7 Å². The topological polar surface area (TPSA) is 303 Å². The molecule has 3 atom stereocenters. The van der Waals surface area contributed by atoms with Crippen molar-refractivity contribution in [2.45, 2.75) is 76.8 Å². The highest BCUT2D eigenvalue weighted by atomic mass is 19.1.